The molecule has 0 aromatic heterocycles. The van der Waals surface area contributed by atoms with Crippen LogP contribution in [-0.4, -0.2) is 5.75 Å². The van der Waals surface area contributed by atoms with E-state index < -0.39 is 0 Å². The van der Waals surface area contributed by atoms with Crippen LogP contribution < -0.4 is 0 Å². The van der Waals surface area contributed by atoms with Gasteiger partial charge in [0, 0.05) is 0 Å². The molecule has 0 bridgehead atoms. The average Bonchev–Trinajstić information content (AvgIpc) is 1.65. The molecule has 0 aromatic rings. The van der Waals surface area contributed by atoms with Crippen LogP contribution in [0, 0.1) is 11.3 Å². The van der Waals surface area contributed by atoms with E-state index in [4.69, 9.17) is 0 Å². The summed E-state index contributed by atoms with van der Waals surface area (Å²) in [6, 6.07) is 0. The van der Waals surface area contributed by atoms with Gasteiger partial charge in [0.1, 0.15) is 0 Å². The van der Waals surface area contributed by atoms with E-state index in [0.29, 0.717) is 5.41 Å². The molecule has 0 spiro atoms. The van der Waals surface area contributed by atoms with Gasteiger partial charge in [-0.15, -0.1) is 0 Å². The minimum absolute atomic E-state index is 0.441. The zero-order chi connectivity index (χ0) is 7.49. The summed E-state index contributed by atoms with van der Waals surface area (Å²) < 4.78 is 0. The van der Waals surface area contributed by atoms with Crippen molar-refractivity contribution in [3.8, 4) is 0 Å². The molecule has 1 unspecified atom stereocenters. The molecule has 0 nitrogen and oxygen atoms in total. The van der Waals surface area contributed by atoms with Gasteiger partial charge in [-0.2, -0.15) is 12.6 Å². The molecule has 1 heteroatoms. The average molecular weight is 146 g/mol. The van der Waals surface area contributed by atoms with E-state index in [-0.39, 0.29) is 0 Å². The van der Waals surface area contributed by atoms with Crippen molar-refractivity contribution in [3.63, 3.8) is 0 Å². The highest BCUT2D eigenvalue weighted by molar-refractivity contribution is 7.80. The lowest BCUT2D eigenvalue weighted by Crippen LogP contribution is -2.20. The van der Waals surface area contributed by atoms with Gasteiger partial charge >= 0.3 is 0 Å². The van der Waals surface area contributed by atoms with Crippen LogP contribution in [0.3, 0.4) is 0 Å². The first-order chi connectivity index (χ1) is 4.02. The topological polar surface area (TPSA) is 0 Å². The van der Waals surface area contributed by atoms with Gasteiger partial charge in [0.05, 0.1) is 0 Å². The Labute approximate surface area is 64.4 Å². The van der Waals surface area contributed by atoms with Crippen LogP contribution in [0.2, 0.25) is 0 Å². The molecule has 1 atom stereocenters. The van der Waals surface area contributed by atoms with E-state index in [0.717, 1.165) is 11.7 Å². The van der Waals surface area contributed by atoms with E-state index in [2.05, 4.69) is 40.3 Å². The Balaban J connectivity index is 3.79. The summed E-state index contributed by atoms with van der Waals surface area (Å²) in [7, 11) is 0. The van der Waals surface area contributed by atoms with Gasteiger partial charge in [-0.3, -0.25) is 0 Å². The lowest BCUT2D eigenvalue weighted by atomic mass is 9.80. The lowest BCUT2D eigenvalue weighted by Gasteiger charge is -2.27. The molecule has 0 radical (unpaired) electrons. The molecule has 56 valence electrons. The minimum atomic E-state index is 0.441. The molecule has 9 heavy (non-hydrogen) atoms. The molecule has 0 amide bonds. The van der Waals surface area contributed by atoms with Crippen LogP contribution >= 0.6 is 12.6 Å². The molecule has 0 aliphatic rings. The molecule has 0 heterocycles. The third-order valence-corrected chi connectivity index (χ3v) is 2.38. The zero-order valence-corrected chi connectivity index (χ0v) is 7.83. The summed E-state index contributed by atoms with van der Waals surface area (Å²) >= 11 is 4.29. The summed E-state index contributed by atoms with van der Waals surface area (Å²) in [6.45, 7) is 9.05. The molecule has 0 aliphatic heterocycles. The number of rotatable bonds is 2. The largest absolute Gasteiger partial charge is 0.179 e. The van der Waals surface area contributed by atoms with Crippen molar-refractivity contribution in [3.05, 3.63) is 0 Å². The van der Waals surface area contributed by atoms with Gasteiger partial charge in [-0.05, 0) is 17.1 Å². The van der Waals surface area contributed by atoms with E-state index in [9.17, 15) is 0 Å². The smallest absolute Gasteiger partial charge is 0.00646 e. The van der Waals surface area contributed by atoms with Crippen molar-refractivity contribution < 1.29 is 0 Å². The molecular formula is C8H18S. The highest BCUT2D eigenvalue weighted by Gasteiger charge is 2.20. The van der Waals surface area contributed by atoms with Gasteiger partial charge in [0.2, 0.25) is 0 Å². The predicted molar refractivity (Wildman–Crippen MR) is 47.1 cm³/mol. The Morgan fingerprint density at radius 1 is 1.33 bits per heavy atom. The fraction of sp³-hybridized carbons (Fsp3) is 1.00. The third-order valence-electron chi connectivity index (χ3n) is 1.94. The van der Waals surface area contributed by atoms with Crippen LogP contribution in [0.4, 0.5) is 0 Å². The van der Waals surface area contributed by atoms with E-state index >= 15 is 0 Å². The first kappa shape index (κ1) is 9.35. The number of hydrogen-bond acceptors (Lipinski definition) is 1. The van der Waals surface area contributed by atoms with Crippen molar-refractivity contribution in [2.24, 2.45) is 11.3 Å². The Hall–Kier alpha value is 0.350. The van der Waals surface area contributed by atoms with Crippen molar-refractivity contribution in [1.29, 1.82) is 0 Å². The summed E-state index contributed by atoms with van der Waals surface area (Å²) in [5.41, 5.74) is 0.441. The second-order valence-electron chi connectivity index (χ2n) is 3.65. The molecule has 0 saturated carbocycles. The zero-order valence-electron chi connectivity index (χ0n) is 6.94. The predicted octanol–water partition coefficient (Wildman–Crippen LogP) is 2.99. The Morgan fingerprint density at radius 2 is 1.78 bits per heavy atom. The number of hydrogen-bond donors (Lipinski definition) is 1. The Kier molecular flexibility index (Phi) is 3.64. The summed E-state index contributed by atoms with van der Waals surface area (Å²) in [5.74, 6) is 1.78. The van der Waals surface area contributed by atoms with Gasteiger partial charge in [0.15, 0.2) is 0 Å². The standard InChI is InChI=1S/C8H18S/c1-5-7(6-9)8(2,3)4/h7,9H,5-6H2,1-4H3. The maximum atomic E-state index is 4.29. The molecule has 0 saturated heterocycles. The first-order valence-corrected chi connectivity index (χ1v) is 4.26. The van der Waals surface area contributed by atoms with Gasteiger partial charge in [-0.25, -0.2) is 0 Å². The van der Waals surface area contributed by atoms with Crippen molar-refractivity contribution >= 4 is 12.6 Å². The van der Waals surface area contributed by atoms with Crippen LogP contribution in [0.1, 0.15) is 34.1 Å². The second kappa shape index (κ2) is 3.50. The third kappa shape index (κ3) is 3.14. The minimum Gasteiger partial charge on any atom is -0.179 e. The Morgan fingerprint density at radius 3 is 1.78 bits per heavy atom. The molecule has 0 fully saturated rings. The molecule has 0 rings (SSSR count). The fourth-order valence-electron chi connectivity index (χ4n) is 1.02. The van der Waals surface area contributed by atoms with E-state index in [1.54, 1.807) is 0 Å². The van der Waals surface area contributed by atoms with Gasteiger partial charge in [-0.1, -0.05) is 34.1 Å². The van der Waals surface area contributed by atoms with Crippen molar-refractivity contribution in [1.82, 2.24) is 0 Å². The van der Waals surface area contributed by atoms with E-state index in [1.165, 1.54) is 6.42 Å². The van der Waals surface area contributed by atoms with Crippen molar-refractivity contribution in [2.45, 2.75) is 34.1 Å². The fourth-order valence-corrected chi connectivity index (χ4v) is 1.82. The molecule has 0 aliphatic carbocycles. The van der Waals surface area contributed by atoms with Crippen LogP contribution in [0.15, 0.2) is 0 Å². The summed E-state index contributed by atoms with van der Waals surface area (Å²) in [6.07, 6.45) is 1.24. The molecule has 0 N–H and O–H groups in total. The molecule has 0 aromatic carbocycles. The van der Waals surface area contributed by atoms with Crippen LogP contribution in [0.5, 0.6) is 0 Å². The summed E-state index contributed by atoms with van der Waals surface area (Å²) in [4.78, 5) is 0. The number of thiol groups is 1. The lowest BCUT2D eigenvalue weighted by molar-refractivity contribution is 0.260. The summed E-state index contributed by atoms with van der Waals surface area (Å²) in [5, 5.41) is 0. The maximum Gasteiger partial charge on any atom is -0.00646 e. The van der Waals surface area contributed by atoms with Gasteiger partial charge < -0.3 is 0 Å². The maximum absolute atomic E-state index is 4.29. The van der Waals surface area contributed by atoms with Crippen molar-refractivity contribution in [2.75, 3.05) is 5.75 Å². The van der Waals surface area contributed by atoms with Gasteiger partial charge in [0.25, 0.3) is 0 Å². The van der Waals surface area contributed by atoms with Crippen LogP contribution in [0.25, 0.3) is 0 Å². The Bertz CT molecular complexity index is 67.1. The normalized spacial score (nSPS) is 15.7. The highest BCUT2D eigenvalue weighted by Crippen LogP contribution is 2.28. The second-order valence-corrected chi connectivity index (χ2v) is 4.02. The molecular weight excluding hydrogens is 128 g/mol. The van der Waals surface area contributed by atoms with Crippen LogP contribution in [-0.2, 0) is 0 Å². The SMILES string of the molecule is CCC(CS)C(C)(C)C. The highest BCUT2D eigenvalue weighted by atomic mass is 32.1. The monoisotopic (exact) mass is 146 g/mol. The quantitative estimate of drug-likeness (QED) is 0.569. The van der Waals surface area contributed by atoms with E-state index in [1.807, 2.05) is 0 Å². The first-order valence-electron chi connectivity index (χ1n) is 3.63.